The summed E-state index contributed by atoms with van der Waals surface area (Å²) in [4.78, 5) is 25.2. The second-order valence-electron chi connectivity index (χ2n) is 6.35. The van der Waals surface area contributed by atoms with Gasteiger partial charge in [0, 0.05) is 30.4 Å². The molecule has 128 valence electrons. The first-order valence-electron chi connectivity index (χ1n) is 8.27. The van der Waals surface area contributed by atoms with Gasteiger partial charge in [0.2, 0.25) is 11.8 Å². The Balaban J connectivity index is 2.10. The lowest BCUT2D eigenvalue weighted by Gasteiger charge is -2.30. The summed E-state index contributed by atoms with van der Waals surface area (Å²) in [5.74, 6) is -0.361. The minimum atomic E-state index is -0.269. The molecule has 1 aliphatic carbocycles. The molecule has 0 aromatic heterocycles. The molecule has 25 heavy (non-hydrogen) atoms. The molecule has 2 aromatic rings. The summed E-state index contributed by atoms with van der Waals surface area (Å²) < 4.78 is 0. The van der Waals surface area contributed by atoms with Gasteiger partial charge in [0.05, 0.1) is 5.70 Å². The third-order valence-corrected chi connectivity index (χ3v) is 5.04. The molecule has 0 saturated carbocycles. The van der Waals surface area contributed by atoms with Crippen LogP contribution < -0.4 is 0 Å². The number of nitrogens with zero attached hydrogens (tertiary/aromatic N) is 1. The van der Waals surface area contributed by atoms with Crippen molar-refractivity contribution in [1.29, 1.82) is 0 Å². The van der Waals surface area contributed by atoms with Crippen LogP contribution in [0.25, 0.3) is 5.70 Å². The smallest absolute Gasteiger partial charge is 0.230 e. The van der Waals surface area contributed by atoms with E-state index in [2.05, 4.69) is 12.1 Å². The van der Waals surface area contributed by atoms with Crippen molar-refractivity contribution >= 4 is 29.1 Å². The van der Waals surface area contributed by atoms with E-state index in [1.807, 2.05) is 43.3 Å². The predicted molar refractivity (Wildman–Crippen MR) is 100 cm³/mol. The first-order chi connectivity index (χ1) is 11.9. The second-order valence-corrected chi connectivity index (χ2v) is 6.75. The molecule has 0 bridgehead atoms. The van der Waals surface area contributed by atoms with Crippen molar-refractivity contribution in [3.05, 3.63) is 75.8 Å². The zero-order valence-electron chi connectivity index (χ0n) is 14.5. The number of allylic oxidation sites excluding steroid dienone is 1. The molecule has 3 nitrogen and oxygen atoms in total. The van der Waals surface area contributed by atoms with E-state index in [1.165, 1.54) is 24.3 Å². The maximum atomic E-state index is 12.0. The van der Waals surface area contributed by atoms with Crippen LogP contribution in [0.4, 0.5) is 0 Å². The number of hydrogen-bond donors (Lipinski definition) is 0. The number of halogens is 1. The van der Waals surface area contributed by atoms with E-state index >= 15 is 0 Å². The average molecular weight is 354 g/mol. The molecule has 3 rings (SSSR count). The summed E-state index contributed by atoms with van der Waals surface area (Å²) >= 11 is 6.16. The molecule has 4 heteroatoms. The normalized spacial score (nSPS) is 16.0. The summed E-state index contributed by atoms with van der Waals surface area (Å²) in [5, 5.41) is 0.753. The SMILES string of the molecule is CC(=O)N(C(C)=O)C1=CCC(c2ccc(Cl)c(C)c2)c2ccccc21. The number of imide groups is 1. The molecule has 2 amide bonds. The predicted octanol–water partition coefficient (Wildman–Crippen LogP) is 4.92. The van der Waals surface area contributed by atoms with E-state index in [9.17, 15) is 9.59 Å². The highest BCUT2D eigenvalue weighted by Gasteiger charge is 2.28. The fraction of sp³-hybridized carbons (Fsp3) is 0.238. The highest BCUT2D eigenvalue weighted by molar-refractivity contribution is 6.31. The van der Waals surface area contributed by atoms with E-state index in [0.717, 1.165) is 28.1 Å². The van der Waals surface area contributed by atoms with Gasteiger partial charge in [-0.15, -0.1) is 0 Å². The Morgan fingerprint density at radius 3 is 2.40 bits per heavy atom. The van der Waals surface area contributed by atoms with Crippen LogP contribution in [0.1, 0.15) is 48.4 Å². The maximum Gasteiger partial charge on any atom is 0.230 e. The van der Waals surface area contributed by atoms with Crippen LogP contribution in [0.5, 0.6) is 0 Å². The van der Waals surface area contributed by atoms with Gasteiger partial charge in [0.15, 0.2) is 0 Å². The molecular formula is C21H20ClNO2. The highest BCUT2D eigenvalue weighted by atomic mass is 35.5. The summed E-state index contributed by atoms with van der Waals surface area (Å²) in [6.45, 7) is 4.83. The minimum absolute atomic E-state index is 0.177. The second kappa shape index (κ2) is 6.85. The molecule has 0 N–H and O–H groups in total. The van der Waals surface area contributed by atoms with Gasteiger partial charge < -0.3 is 0 Å². The van der Waals surface area contributed by atoms with Crippen molar-refractivity contribution in [3.8, 4) is 0 Å². The van der Waals surface area contributed by atoms with Crippen LogP contribution in [0, 0.1) is 6.92 Å². The fourth-order valence-corrected chi connectivity index (χ4v) is 3.59. The highest BCUT2D eigenvalue weighted by Crippen LogP contribution is 2.40. The molecule has 0 fully saturated rings. The van der Waals surface area contributed by atoms with Gasteiger partial charge in [0.1, 0.15) is 0 Å². The van der Waals surface area contributed by atoms with Gasteiger partial charge in [0.25, 0.3) is 0 Å². The van der Waals surface area contributed by atoms with Crippen LogP contribution in [-0.2, 0) is 9.59 Å². The van der Waals surface area contributed by atoms with Crippen LogP contribution in [0.3, 0.4) is 0 Å². The molecule has 0 saturated heterocycles. The van der Waals surface area contributed by atoms with E-state index in [4.69, 9.17) is 11.6 Å². The topological polar surface area (TPSA) is 37.4 Å². The van der Waals surface area contributed by atoms with E-state index in [0.29, 0.717) is 5.70 Å². The lowest BCUT2D eigenvalue weighted by molar-refractivity contribution is -0.137. The molecule has 0 spiro atoms. The summed E-state index contributed by atoms with van der Waals surface area (Å²) in [6.07, 6.45) is 2.71. The van der Waals surface area contributed by atoms with Gasteiger partial charge in [-0.1, -0.05) is 54.1 Å². The summed E-state index contributed by atoms with van der Waals surface area (Å²) in [5.41, 5.74) is 4.95. The van der Waals surface area contributed by atoms with E-state index in [-0.39, 0.29) is 17.7 Å². The van der Waals surface area contributed by atoms with Crippen molar-refractivity contribution in [2.24, 2.45) is 0 Å². The first-order valence-corrected chi connectivity index (χ1v) is 8.64. The zero-order chi connectivity index (χ0) is 18.1. The Hall–Kier alpha value is -2.39. The number of rotatable bonds is 2. The molecule has 0 aliphatic heterocycles. The number of hydrogen-bond acceptors (Lipinski definition) is 2. The summed E-state index contributed by atoms with van der Waals surface area (Å²) in [6, 6.07) is 14.0. The van der Waals surface area contributed by atoms with Crippen molar-refractivity contribution in [3.63, 3.8) is 0 Å². The van der Waals surface area contributed by atoms with E-state index in [1.54, 1.807) is 0 Å². The van der Waals surface area contributed by atoms with Gasteiger partial charge in [-0.2, -0.15) is 0 Å². The van der Waals surface area contributed by atoms with Crippen LogP contribution >= 0.6 is 11.6 Å². The number of amides is 2. The molecule has 1 aliphatic rings. The Morgan fingerprint density at radius 1 is 1.08 bits per heavy atom. The van der Waals surface area contributed by atoms with Crippen LogP contribution in [0.15, 0.2) is 48.5 Å². The quantitative estimate of drug-likeness (QED) is 0.768. The molecular weight excluding hydrogens is 334 g/mol. The lowest BCUT2D eigenvalue weighted by Crippen LogP contribution is -2.33. The standard InChI is InChI=1S/C21H20ClNO2/c1-13-12-16(8-10-20(13)22)17-9-11-21(23(14(2)24)15(3)25)19-7-5-4-6-18(17)19/h4-8,10-12,17H,9H2,1-3H3. The minimum Gasteiger partial charge on any atom is -0.274 e. The third kappa shape index (κ3) is 3.24. The molecule has 1 unspecified atom stereocenters. The first kappa shape index (κ1) is 17.4. The number of aryl methyl sites for hydroxylation is 1. The Bertz CT molecular complexity index is 871. The van der Waals surface area contributed by atoms with Crippen LogP contribution in [-0.4, -0.2) is 16.7 Å². The van der Waals surface area contributed by atoms with Gasteiger partial charge in [-0.05, 0) is 36.1 Å². The number of carbonyl (C=O) groups excluding carboxylic acids is 2. The lowest BCUT2D eigenvalue weighted by atomic mass is 9.80. The van der Waals surface area contributed by atoms with Crippen molar-refractivity contribution in [2.45, 2.75) is 33.1 Å². The van der Waals surface area contributed by atoms with Crippen molar-refractivity contribution in [2.75, 3.05) is 0 Å². The summed E-state index contributed by atoms with van der Waals surface area (Å²) in [7, 11) is 0. The van der Waals surface area contributed by atoms with Gasteiger partial charge in [-0.25, -0.2) is 0 Å². The van der Waals surface area contributed by atoms with Crippen molar-refractivity contribution < 1.29 is 9.59 Å². The third-order valence-electron chi connectivity index (χ3n) is 4.61. The fourth-order valence-electron chi connectivity index (χ4n) is 3.47. The molecule has 0 heterocycles. The number of fused-ring (bicyclic) bond motifs is 1. The Labute approximate surface area is 152 Å². The Kier molecular flexibility index (Phi) is 4.78. The largest absolute Gasteiger partial charge is 0.274 e. The van der Waals surface area contributed by atoms with Crippen LogP contribution in [0.2, 0.25) is 5.02 Å². The van der Waals surface area contributed by atoms with Crippen molar-refractivity contribution in [1.82, 2.24) is 4.90 Å². The van der Waals surface area contributed by atoms with Gasteiger partial charge in [-0.3, -0.25) is 14.5 Å². The average Bonchev–Trinajstić information content (AvgIpc) is 2.57. The van der Waals surface area contributed by atoms with Gasteiger partial charge >= 0.3 is 0 Å². The number of carbonyl (C=O) groups is 2. The zero-order valence-corrected chi connectivity index (χ0v) is 15.3. The monoisotopic (exact) mass is 353 g/mol. The van der Waals surface area contributed by atoms with E-state index < -0.39 is 0 Å². The number of benzene rings is 2. The molecule has 2 aromatic carbocycles. The Morgan fingerprint density at radius 2 is 1.76 bits per heavy atom. The molecule has 1 atom stereocenters. The molecule has 0 radical (unpaired) electrons. The maximum absolute atomic E-state index is 12.0.